The molecule has 2 aromatic carbocycles. The lowest BCUT2D eigenvalue weighted by molar-refractivity contribution is -0.384. The van der Waals surface area contributed by atoms with Gasteiger partial charge in [0.05, 0.1) is 11.1 Å². The molecule has 0 unspecified atom stereocenters. The van der Waals surface area contributed by atoms with E-state index in [1.807, 2.05) is 0 Å². The van der Waals surface area contributed by atoms with Gasteiger partial charge in [-0.05, 0) is 17.7 Å². The van der Waals surface area contributed by atoms with Crippen molar-refractivity contribution in [3.8, 4) is 0 Å². The smallest absolute Gasteiger partial charge is 0.270 e. The second-order valence-electron chi connectivity index (χ2n) is 3.99. The minimum atomic E-state index is -0.475. The van der Waals surface area contributed by atoms with E-state index in [1.165, 1.54) is 30.5 Å². The summed E-state index contributed by atoms with van der Waals surface area (Å²) in [7, 11) is 0. The fourth-order valence-electron chi connectivity index (χ4n) is 1.51. The van der Waals surface area contributed by atoms with Crippen molar-refractivity contribution in [2.45, 2.75) is 6.61 Å². The number of nitrogens with zero attached hydrogens (tertiary/aromatic N) is 2. The molecule has 0 aliphatic heterocycles. The molecule has 102 valence electrons. The molecule has 0 aromatic heterocycles. The van der Waals surface area contributed by atoms with Gasteiger partial charge in [0.2, 0.25) is 0 Å². The zero-order valence-corrected chi connectivity index (χ0v) is 10.4. The van der Waals surface area contributed by atoms with E-state index in [0.29, 0.717) is 5.56 Å². The van der Waals surface area contributed by atoms with Gasteiger partial charge < -0.3 is 4.84 Å². The molecule has 20 heavy (non-hydrogen) atoms. The number of oxime groups is 1. The highest BCUT2D eigenvalue weighted by Gasteiger charge is 2.03. The number of rotatable bonds is 5. The van der Waals surface area contributed by atoms with Crippen LogP contribution in [-0.2, 0) is 11.4 Å². The van der Waals surface area contributed by atoms with Crippen molar-refractivity contribution in [2.24, 2.45) is 5.16 Å². The van der Waals surface area contributed by atoms with Crippen LogP contribution in [0, 0.1) is 15.9 Å². The maximum Gasteiger partial charge on any atom is 0.270 e. The van der Waals surface area contributed by atoms with Crippen molar-refractivity contribution in [1.29, 1.82) is 0 Å². The summed E-state index contributed by atoms with van der Waals surface area (Å²) in [5, 5.41) is 14.3. The summed E-state index contributed by atoms with van der Waals surface area (Å²) in [6.07, 6.45) is 1.39. The molecule has 0 spiro atoms. The second-order valence-corrected chi connectivity index (χ2v) is 3.99. The van der Waals surface area contributed by atoms with Crippen LogP contribution in [-0.4, -0.2) is 11.1 Å². The third-order valence-electron chi connectivity index (χ3n) is 2.50. The lowest BCUT2D eigenvalue weighted by Gasteiger charge is -1.99. The maximum absolute atomic E-state index is 12.7. The van der Waals surface area contributed by atoms with Gasteiger partial charge in [-0.2, -0.15) is 0 Å². The van der Waals surface area contributed by atoms with Crippen LogP contribution >= 0.6 is 0 Å². The minimum absolute atomic E-state index is 0.00696. The van der Waals surface area contributed by atoms with Gasteiger partial charge in [-0.15, -0.1) is 0 Å². The van der Waals surface area contributed by atoms with E-state index in [0.717, 1.165) is 5.56 Å². The minimum Gasteiger partial charge on any atom is -0.391 e. The molecule has 6 heteroatoms. The first kappa shape index (κ1) is 13.7. The van der Waals surface area contributed by atoms with Crippen molar-refractivity contribution in [3.63, 3.8) is 0 Å². The van der Waals surface area contributed by atoms with Crippen LogP contribution in [0.4, 0.5) is 10.1 Å². The molecular weight excluding hydrogens is 263 g/mol. The standard InChI is InChI=1S/C14H11FN2O3/c15-13-6-4-11(5-7-13)10-20-16-9-12-2-1-3-14(8-12)17(18)19/h1-9H,10H2. The zero-order chi connectivity index (χ0) is 14.4. The SMILES string of the molecule is O=[N+]([O-])c1cccc(C=NOCc2ccc(F)cc2)c1. The highest BCUT2D eigenvalue weighted by atomic mass is 19.1. The summed E-state index contributed by atoms with van der Waals surface area (Å²) < 4.78 is 12.7. The van der Waals surface area contributed by atoms with Crippen LogP contribution in [0.25, 0.3) is 0 Å². The fraction of sp³-hybridized carbons (Fsp3) is 0.0714. The van der Waals surface area contributed by atoms with Gasteiger partial charge in [0.1, 0.15) is 12.4 Å². The Bertz CT molecular complexity index is 627. The maximum atomic E-state index is 12.7. The Labute approximate surface area is 114 Å². The average Bonchev–Trinajstić information content (AvgIpc) is 2.46. The molecule has 0 aliphatic carbocycles. The molecule has 0 amide bonds. The lowest BCUT2D eigenvalue weighted by atomic mass is 10.2. The highest BCUT2D eigenvalue weighted by molar-refractivity contribution is 5.80. The van der Waals surface area contributed by atoms with Gasteiger partial charge in [0.15, 0.2) is 0 Å². The summed E-state index contributed by atoms with van der Waals surface area (Å²) in [5.74, 6) is -0.311. The molecule has 0 atom stereocenters. The van der Waals surface area contributed by atoms with Crippen LogP contribution in [0.1, 0.15) is 11.1 Å². The molecule has 0 N–H and O–H groups in total. The second kappa shape index (κ2) is 6.42. The first-order valence-corrected chi connectivity index (χ1v) is 5.79. The van der Waals surface area contributed by atoms with Crippen molar-refractivity contribution in [3.05, 3.63) is 75.6 Å². The van der Waals surface area contributed by atoms with E-state index in [-0.39, 0.29) is 18.1 Å². The molecule has 0 radical (unpaired) electrons. The van der Waals surface area contributed by atoms with Crippen molar-refractivity contribution < 1.29 is 14.2 Å². The van der Waals surface area contributed by atoms with Crippen LogP contribution in [0.2, 0.25) is 0 Å². The predicted molar refractivity (Wildman–Crippen MR) is 71.9 cm³/mol. The van der Waals surface area contributed by atoms with Crippen molar-refractivity contribution in [2.75, 3.05) is 0 Å². The Morgan fingerprint density at radius 2 is 2.00 bits per heavy atom. The first-order chi connectivity index (χ1) is 9.65. The Morgan fingerprint density at radius 1 is 1.25 bits per heavy atom. The molecular formula is C14H11FN2O3. The number of nitro benzene ring substituents is 1. The molecule has 5 nitrogen and oxygen atoms in total. The Kier molecular flexibility index (Phi) is 4.39. The Balaban J connectivity index is 1.91. The van der Waals surface area contributed by atoms with E-state index < -0.39 is 4.92 Å². The summed E-state index contributed by atoms with van der Waals surface area (Å²) in [4.78, 5) is 15.2. The van der Waals surface area contributed by atoms with Gasteiger partial charge in [-0.3, -0.25) is 10.1 Å². The van der Waals surface area contributed by atoms with Crippen molar-refractivity contribution >= 4 is 11.9 Å². The number of non-ortho nitro benzene ring substituents is 1. The largest absolute Gasteiger partial charge is 0.391 e. The molecule has 0 saturated heterocycles. The number of nitro groups is 1. The summed E-state index contributed by atoms with van der Waals surface area (Å²) in [6, 6.07) is 11.9. The number of hydrogen-bond donors (Lipinski definition) is 0. The third-order valence-corrected chi connectivity index (χ3v) is 2.50. The normalized spacial score (nSPS) is 10.7. The molecule has 0 fully saturated rings. The zero-order valence-electron chi connectivity index (χ0n) is 10.4. The molecule has 0 aliphatic rings. The van der Waals surface area contributed by atoms with E-state index in [1.54, 1.807) is 24.3 Å². The van der Waals surface area contributed by atoms with E-state index in [2.05, 4.69) is 5.16 Å². The summed E-state index contributed by atoms with van der Waals surface area (Å²) >= 11 is 0. The van der Waals surface area contributed by atoms with Gasteiger partial charge in [0, 0.05) is 17.7 Å². The molecule has 2 aromatic rings. The van der Waals surface area contributed by atoms with E-state index in [4.69, 9.17) is 4.84 Å². The lowest BCUT2D eigenvalue weighted by Crippen LogP contribution is -1.91. The average molecular weight is 274 g/mol. The Hall–Kier alpha value is -2.76. The van der Waals surface area contributed by atoms with Crippen LogP contribution in [0.3, 0.4) is 0 Å². The fourth-order valence-corrected chi connectivity index (χ4v) is 1.51. The van der Waals surface area contributed by atoms with Crippen molar-refractivity contribution in [1.82, 2.24) is 0 Å². The highest BCUT2D eigenvalue weighted by Crippen LogP contribution is 2.11. The van der Waals surface area contributed by atoms with E-state index >= 15 is 0 Å². The van der Waals surface area contributed by atoms with Gasteiger partial charge in [-0.25, -0.2) is 4.39 Å². The molecule has 0 bridgehead atoms. The summed E-state index contributed by atoms with van der Waals surface area (Å²) in [5.41, 5.74) is 1.34. The van der Waals surface area contributed by atoms with Crippen LogP contribution in [0.5, 0.6) is 0 Å². The topological polar surface area (TPSA) is 64.7 Å². The molecule has 0 heterocycles. The predicted octanol–water partition coefficient (Wildman–Crippen LogP) is 3.28. The quantitative estimate of drug-likeness (QED) is 0.477. The van der Waals surface area contributed by atoms with E-state index in [9.17, 15) is 14.5 Å². The van der Waals surface area contributed by atoms with Crippen LogP contribution < -0.4 is 0 Å². The number of halogens is 1. The van der Waals surface area contributed by atoms with Gasteiger partial charge >= 0.3 is 0 Å². The van der Waals surface area contributed by atoms with Crippen LogP contribution in [0.15, 0.2) is 53.7 Å². The number of hydrogen-bond acceptors (Lipinski definition) is 4. The summed E-state index contributed by atoms with van der Waals surface area (Å²) in [6.45, 7) is 0.200. The third kappa shape index (κ3) is 3.88. The first-order valence-electron chi connectivity index (χ1n) is 5.79. The Morgan fingerprint density at radius 3 is 2.70 bits per heavy atom. The monoisotopic (exact) mass is 274 g/mol. The molecule has 0 saturated carbocycles. The van der Waals surface area contributed by atoms with Gasteiger partial charge in [0.25, 0.3) is 5.69 Å². The van der Waals surface area contributed by atoms with Gasteiger partial charge in [-0.1, -0.05) is 29.4 Å². The molecule has 2 rings (SSSR count). The number of benzene rings is 2.